The van der Waals surface area contributed by atoms with Gasteiger partial charge in [-0.1, -0.05) is 17.3 Å². The Hall–Kier alpha value is -3.08. The van der Waals surface area contributed by atoms with Gasteiger partial charge >= 0.3 is 0 Å². The van der Waals surface area contributed by atoms with Crippen molar-refractivity contribution in [3.63, 3.8) is 0 Å². The van der Waals surface area contributed by atoms with Crippen LogP contribution in [0, 0.1) is 6.92 Å². The Balaban J connectivity index is 2.03. The van der Waals surface area contributed by atoms with E-state index in [1.807, 2.05) is 19.1 Å². The third-order valence-electron chi connectivity index (χ3n) is 3.31. The van der Waals surface area contributed by atoms with Crippen molar-refractivity contribution in [2.24, 2.45) is 5.16 Å². The number of pyridine rings is 2. The predicted octanol–water partition coefficient (Wildman–Crippen LogP) is 3.00. The van der Waals surface area contributed by atoms with Gasteiger partial charge in [0.25, 0.3) is 0 Å². The molecule has 0 bridgehead atoms. The summed E-state index contributed by atoms with van der Waals surface area (Å²) in [7, 11) is 0. The third-order valence-corrected chi connectivity index (χ3v) is 3.31. The van der Waals surface area contributed by atoms with Gasteiger partial charge in [0.1, 0.15) is 0 Å². The Labute approximate surface area is 127 Å². The van der Waals surface area contributed by atoms with Gasteiger partial charge < -0.3 is 5.21 Å². The van der Waals surface area contributed by atoms with Gasteiger partial charge in [0.15, 0.2) is 5.71 Å². The lowest BCUT2D eigenvalue weighted by atomic mass is 10.0. The van der Waals surface area contributed by atoms with Gasteiger partial charge in [-0.15, -0.1) is 0 Å². The van der Waals surface area contributed by atoms with E-state index in [0.29, 0.717) is 11.3 Å². The van der Waals surface area contributed by atoms with Gasteiger partial charge in [-0.3, -0.25) is 14.8 Å². The van der Waals surface area contributed by atoms with Crippen molar-refractivity contribution >= 4 is 22.4 Å². The summed E-state index contributed by atoms with van der Waals surface area (Å²) < 4.78 is 0. The fraction of sp³-hybridized carbons (Fsp3) is 0.0588. The quantitative estimate of drug-likeness (QED) is 0.348. The average Bonchev–Trinajstić information content (AvgIpc) is 2.55. The second kappa shape index (κ2) is 5.73. The first-order valence-corrected chi connectivity index (χ1v) is 6.74. The number of nitrogens with zero attached hydrogens (tertiary/aromatic N) is 3. The number of carbonyl (C=O) groups is 1. The van der Waals surface area contributed by atoms with Gasteiger partial charge in [-0.25, -0.2) is 0 Å². The van der Waals surface area contributed by atoms with E-state index < -0.39 is 0 Å². The molecule has 3 aromatic rings. The molecule has 5 nitrogen and oxygen atoms in total. The van der Waals surface area contributed by atoms with E-state index >= 15 is 0 Å². The standard InChI is InChI=1S/C17H13N3O2/c1-11-4-2-6-15(19-11)16(20-22)17(21)13-7-8-14-12(10-13)5-3-9-18-14/h2-10,22H,1H3/b20-16+. The summed E-state index contributed by atoms with van der Waals surface area (Å²) in [6, 6.07) is 14.1. The maximum atomic E-state index is 12.6. The molecular formula is C17H13N3O2. The lowest BCUT2D eigenvalue weighted by molar-refractivity contribution is 0.106. The fourth-order valence-electron chi connectivity index (χ4n) is 2.24. The molecule has 3 rings (SSSR count). The lowest BCUT2D eigenvalue weighted by Crippen LogP contribution is -2.17. The fourth-order valence-corrected chi connectivity index (χ4v) is 2.24. The number of Topliss-reactive ketones (excluding diaryl/α,β-unsaturated/α-hetero) is 1. The summed E-state index contributed by atoms with van der Waals surface area (Å²) in [6.07, 6.45) is 1.70. The number of rotatable bonds is 3. The summed E-state index contributed by atoms with van der Waals surface area (Å²) in [5.41, 5.74) is 2.24. The zero-order valence-electron chi connectivity index (χ0n) is 11.9. The summed E-state index contributed by atoms with van der Waals surface area (Å²) in [6.45, 7) is 1.81. The van der Waals surface area contributed by atoms with E-state index in [1.165, 1.54) is 0 Å². The first-order chi connectivity index (χ1) is 10.7. The monoisotopic (exact) mass is 291 g/mol. The van der Waals surface area contributed by atoms with E-state index in [9.17, 15) is 10.0 Å². The van der Waals surface area contributed by atoms with Crippen molar-refractivity contribution < 1.29 is 10.0 Å². The highest BCUT2D eigenvalue weighted by Crippen LogP contribution is 2.15. The van der Waals surface area contributed by atoms with Gasteiger partial charge in [0.05, 0.1) is 11.2 Å². The number of fused-ring (bicyclic) bond motifs is 1. The van der Waals surface area contributed by atoms with Gasteiger partial charge in [-0.2, -0.15) is 0 Å². The summed E-state index contributed by atoms with van der Waals surface area (Å²) >= 11 is 0. The molecule has 0 fully saturated rings. The normalized spacial score (nSPS) is 11.6. The smallest absolute Gasteiger partial charge is 0.217 e. The van der Waals surface area contributed by atoms with Crippen molar-refractivity contribution in [2.45, 2.75) is 6.92 Å². The molecule has 0 unspecified atom stereocenters. The number of ketones is 1. The molecule has 0 aliphatic heterocycles. The maximum Gasteiger partial charge on any atom is 0.217 e. The molecule has 0 atom stereocenters. The van der Waals surface area contributed by atoms with E-state index in [1.54, 1.807) is 42.6 Å². The molecule has 1 aromatic carbocycles. The Morgan fingerprint density at radius 1 is 1.14 bits per heavy atom. The van der Waals surface area contributed by atoms with E-state index in [-0.39, 0.29) is 11.5 Å². The largest absolute Gasteiger partial charge is 0.410 e. The second-order valence-corrected chi connectivity index (χ2v) is 4.85. The minimum Gasteiger partial charge on any atom is -0.410 e. The molecule has 0 aliphatic rings. The first kappa shape index (κ1) is 13.9. The second-order valence-electron chi connectivity index (χ2n) is 4.85. The molecule has 0 saturated carbocycles. The van der Waals surface area contributed by atoms with Crippen LogP contribution in [-0.4, -0.2) is 26.7 Å². The van der Waals surface area contributed by atoms with Crippen molar-refractivity contribution in [3.05, 3.63) is 71.7 Å². The van der Waals surface area contributed by atoms with Crippen LogP contribution in [0.2, 0.25) is 0 Å². The van der Waals surface area contributed by atoms with Gasteiger partial charge in [0.2, 0.25) is 5.78 Å². The van der Waals surface area contributed by atoms with Gasteiger partial charge in [0, 0.05) is 22.8 Å². The molecule has 22 heavy (non-hydrogen) atoms. The number of benzene rings is 1. The molecule has 0 aliphatic carbocycles. The first-order valence-electron chi connectivity index (χ1n) is 6.74. The number of carbonyl (C=O) groups excluding carboxylic acids is 1. The molecule has 5 heteroatoms. The number of hydrogen-bond donors (Lipinski definition) is 1. The van der Waals surface area contributed by atoms with Crippen molar-refractivity contribution in [1.29, 1.82) is 0 Å². The van der Waals surface area contributed by atoms with Crippen LogP contribution >= 0.6 is 0 Å². The SMILES string of the molecule is Cc1cccc(/C(=N\O)C(=O)c2ccc3ncccc3c2)n1. The van der Waals surface area contributed by atoms with Crippen LogP contribution in [0.25, 0.3) is 10.9 Å². The molecular weight excluding hydrogens is 278 g/mol. The van der Waals surface area contributed by atoms with Crippen molar-refractivity contribution in [2.75, 3.05) is 0 Å². The minimum absolute atomic E-state index is 0.0769. The Morgan fingerprint density at radius 3 is 2.77 bits per heavy atom. The highest BCUT2D eigenvalue weighted by molar-refractivity contribution is 6.51. The van der Waals surface area contributed by atoms with Crippen LogP contribution in [-0.2, 0) is 0 Å². The molecule has 108 valence electrons. The molecule has 0 radical (unpaired) electrons. The zero-order valence-corrected chi connectivity index (χ0v) is 11.9. The lowest BCUT2D eigenvalue weighted by Gasteiger charge is -2.05. The summed E-state index contributed by atoms with van der Waals surface area (Å²) in [4.78, 5) is 21.0. The van der Waals surface area contributed by atoms with Crippen LogP contribution in [0.3, 0.4) is 0 Å². The Kier molecular flexibility index (Phi) is 3.62. The van der Waals surface area contributed by atoms with Crippen LogP contribution < -0.4 is 0 Å². The highest BCUT2D eigenvalue weighted by atomic mass is 16.4. The van der Waals surface area contributed by atoms with Crippen LogP contribution in [0.15, 0.2) is 59.9 Å². The van der Waals surface area contributed by atoms with E-state index in [2.05, 4.69) is 15.1 Å². The number of oxime groups is 1. The summed E-state index contributed by atoms with van der Waals surface area (Å²) in [5.74, 6) is -0.383. The Morgan fingerprint density at radius 2 is 2.00 bits per heavy atom. The average molecular weight is 291 g/mol. The summed E-state index contributed by atoms with van der Waals surface area (Å²) in [5, 5.41) is 13.2. The van der Waals surface area contributed by atoms with Crippen LogP contribution in [0.1, 0.15) is 21.7 Å². The topological polar surface area (TPSA) is 75.4 Å². The zero-order chi connectivity index (χ0) is 15.5. The van der Waals surface area contributed by atoms with Gasteiger partial charge in [-0.05, 0) is 43.3 Å². The third kappa shape index (κ3) is 2.56. The van der Waals surface area contributed by atoms with Crippen LogP contribution in [0.4, 0.5) is 0 Å². The molecule has 0 spiro atoms. The van der Waals surface area contributed by atoms with Crippen molar-refractivity contribution in [1.82, 2.24) is 9.97 Å². The number of hydrogen-bond acceptors (Lipinski definition) is 5. The van der Waals surface area contributed by atoms with E-state index in [0.717, 1.165) is 16.6 Å². The molecule has 0 saturated heterocycles. The minimum atomic E-state index is -0.383. The Bertz CT molecular complexity index is 888. The van der Waals surface area contributed by atoms with Crippen molar-refractivity contribution in [3.8, 4) is 0 Å². The molecule has 2 heterocycles. The number of aryl methyl sites for hydroxylation is 1. The predicted molar refractivity (Wildman–Crippen MR) is 83.4 cm³/mol. The molecule has 1 N–H and O–H groups in total. The molecule has 2 aromatic heterocycles. The van der Waals surface area contributed by atoms with E-state index in [4.69, 9.17) is 0 Å². The van der Waals surface area contributed by atoms with Crippen LogP contribution in [0.5, 0.6) is 0 Å². The maximum absolute atomic E-state index is 12.6. The molecule has 0 amide bonds. The highest BCUT2D eigenvalue weighted by Gasteiger charge is 2.18. The number of aromatic nitrogens is 2.